The average Bonchev–Trinajstić information content (AvgIpc) is 3.49. The van der Waals surface area contributed by atoms with E-state index in [1.54, 1.807) is 12.4 Å². The highest BCUT2D eigenvalue weighted by Crippen LogP contribution is 2.41. The maximum absolute atomic E-state index is 13.8. The lowest BCUT2D eigenvalue weighted by atomic mass is 9.86. The van der Waals surface area contributed by atoms with Gasteiger partial charge in [-0.2, -0.15) is 0 Å². The van der Waals surface area contributed by atoms with Crippen molar-refractivity contribution < 1.29 is 13.6 Å². The monoisotopic (exact) mass is 478 g/mol. The first-order valence-corrected chi connectivity index (χ1v) is 11.9. The molecule has 2 saturated heterocycles. The van der Waals surface area contributed by atoms with Crippen molar-refractivity contribution >= 4 is 11.5 Å². The van der Waals surface area contributed by atoms with E-state index in [1.165, 1.54) is 6.07 Å². The van der Waals surface area contributed by atoms with Gasteiger partial charge >= 0.3 is 0 Å². The normalized spacial score (nSPS) is 20.7. The number of pyridine rings is 1. The van der Waals surface area contributed by atoms with E-state index in [0.717, 1.165) is 69.1 Å². The van der Waals surface area contributed by atoms with Gasteiger partial charge in [0.05, 0.1) is 11.9 Å². The molecule has 9 heteroatoms. The zero-order valence-corrected chi connectivity index (χ0v) is 19.7. The number of anilines is 1. The van der Waals surface area contributed by atoms with E-state index in [-0.39, 0.29) is 5.41 Å². The summed E-state index contributed by atoms with van der Waals surface area (Å²) in [6, 6.07) is 7.53. The lowest BCUT2D eigenvalue weighted by Crippen LogP contribution is -2.31. The van der Waals surface area contributed by atoms with Crippen LogP contribution in [0.25, 0.3) is 0 Å². The third-order valence-electron chi connectivity index (χ3n) is 6.78. The molecule has 1 aromatic carbocycles. The van der Waals surface area contributed by atoms with Crippen LogP contribution in [0, 0.1) is 17.0 Å². The molecule has 0 N–H and O–H groups in total. The molecule has 5 rings (SSSR count). The summed E-state index contributed by atoms with van der Waals surface area (Å²) in [4.78, 5) is 23.3. The van der Waals surface area contributed by atoms with Crippen LogP contribution >= 0.6 is 0 Å². The Hall–Kier alpha value is -3.46. The summed E-state index contributed by atoms with van der Waals surface area (Å²) >= 11 is 0. The molecule has 1 spiro atoms. The molecule has 0 radical (unpaired) electrons. The van der Waals surface area contributed by atoms with Gasteiger partial charge in [-0.05, 0) is 56.1 Å². The van der Waals surface area contributed by atoms with Gasteiger partial charge in [0.1, 0.15) is 18.1 Å². The Bertz CT molecular complexity index is 1190. The third kappa shape index (κ3) is 5.14. The van der Waals surface area contributed by atoms with Crippen LogP contribution in [0.15, 0.2) is 60.3 Å². The number of aromatic nitrogens is 3. The summed E-state index contributed by atoms with van der Waals surface area (Å²) in [5, 5.41) is 4.11. The van der Waals surface area contributed by atoms with E-state index in [2.05, 4.69) is 29.9 Å². The smallest absolute Gasteiger partial charge is 0.159 e. The fourth-order valence-electron chi connectivity index (χ4n) is 5.02. The zero-order chi connectivity index (χ0) is 24.3. The van der Waals surface area contributed by atoms with Crippen molar-refractivity contribution in [2.45, 2.75) is 26.3 Å². The van der Waals surface area contributed by atoms with Gasteiger partial charge in [0.25, 0.3) is 0 Å². The van der Waals surface area contributed by atoms with E-state index < -0.39 is 11.6 Å². The van der Waals surface area contributed by atoms with Crippen LogP contribution in [0.5, 0.6) is 0 Å². The van der Waals surface area contributed by atoms with Gasteiger partial charge in [-0.25, -0.2) is 13.8 Å². The highest BCUT2D eigenvalue weighted by molar-refractivity contribution is 6.11. The second-order valence-corrected chi connectivity index (χ2v) is 9.23. The molecule has 3 aromatic rings. The first-order chi connectivity index (χ1) is 17.0. The Balaban J connectivity index is 1.25. The Kier molecular flexibility index (Phi) is 6.68. The fourth-order valence-corrected chi connectivity index (χ4v) is 5.02. The number of hydrogen-bond acceptors (Lipinski definition) is 7. The van der Waals surface area contributed by atoms with Crippen LogP contribution in [-0.4, -0.2) is 58.3 Å². The number of rotatable bonds is 7. The molecule has 2 aliphatic rings. The second kappa shape index (κ2) is 10.0. The van der Waals surface area contributed by atoms with Crippen molar-refractivity contribution in [2.75, 3.05) is 37.7 Å². The van der Waals surface area contributed by atoms with Crippen molar-refractivity contribution in [3.05, 3.63) is 83.6 Å². The summed E-state index contributed by atoms with van der Waals surface area (Å²) in [6.07, 6.45) is 9.43. The molecule has 0 aliphatic carbocycles. The topological polar surface area (TPSA) is 66.7 Å². The third-order valence-corrected chi connectivity index (χ3v) is 6.78. The first-order valence-electron chi connectivity index (χ1n) is 11.9. The highest BCUT2D eigenvalue weighted by atomic mass is 19.2. The van der Waals surface area contributed by atoms with E-state index in [0.29, 0.717) is 23.6 Å². The van der Waals surface area contributed by atoms with Gasteiger partial charge in [-0.3, -0.25) is 14.9 Å². The van der Waals surface area contributed by atoms with E-state index in [1.807, 2.05) is 31.5 Å². The number of halogens is 2. The van der Waals surface area contributed by atoms with Crippen LogP contribution in [-0.2, 0) is 11.4 Å². The van der Waals surface area contributed by atoms with E-state index in [9.17, 15) is 8.78 Å². The number of nitrogens with zero attached hydrogens (tertiary/aromatic N) is 6. The summed E-state index contributed by atoms with van der Waals surface area (Å²) in [7, 11) is 0. The fraction of sp³-hybridized carbons (Fsp3) is 0.385. The molecule has 0 saturated carbocycles. The molecular formula is C26H28F2N6O. The second-order valence-electron chi connectivity index (χ2n) is 9.23. The zero-order valence-electron chi connectivity index (χ0n) is 19.7. The van der Waals surface area contributed by atoms with Crippen LogP contribution in [0.4, 0.5) is 14.6 Å². The molecule has 4 heterocycles. The number of oxime groups is 1. The van der Waals surface area contributed by atoms with Gasteiger partial charge in [-0.1, -0.05) is 11.2 Å². The van der Waals surface area contributed by atoms with Gasteiger partial charge in [0.15, 0.2) is 11.6 Å². The minimum Gasteiger partial charge on any atom is -0.396 e. The van der Waals surface area contributed by atoms with Crippen molar-refractivity contribution in [3.63, 3.8) is 0 Å². The Labute approximate surface area is 203 Å². The summed E-state index contributed by atoms with van der Waals surface area (Å²) in [5.74, 6) is -0.887. The molecule has 7 nitrogen and oxygen atoms in total. The van der Waals surface area contributed by atoms with Crippen LogP contribution < -0.4 is 4.90 Å². The Morgan fingerprint density at radius 2 is 1.91 bits per heavy atom. The predicted molar refractivity (Wildman–Crippen MR) is 129 cm³/mol. The largest absolute Gasteiger partial charge is 0.396 e. The molecule has 2 aliphatic heterocycles. The van der Waals surface area contributed by atoms with Crippen molar-refractivity contribution in [1.82, 2.24) is 19.9 Å². The molecule has 0 bridgehead atoms. The molecule has 2 aromatic heterocycles. The lowest BCUT2D eigenvalue weighted by Gasteiger charge is -2.25. The van der Waals surface area contributed by atoms with E-state index >= 15 is 0 Å². The van der Waals surface area contributed by atoms with Gasteiger partial charge in [0.2, 0.25) is 0 Å². The predicted octanol–water partition coefficient (Wildman–Crippen LogP) is 4.04. The molecule has 35 heavy (non-hydrogen) atoms. The minimum absolute atomic E-state index is 0.287. The van der Waals surface area contributed by atoms with Crippen LogP contribution in [0.3, 0.4) is 0 Å². The molecule has 0 amide bonds. The van der Waals surface area contributed by atoms with Crippen molar-refractivity contribution in [2.24, 2.45) is 10.6 Å². The molecule has 1 atom stereocenters. The molecule has 182 valence electrons. The highest BCUT2D eigenvalue weighted by Gasteiger charge is 2.43. The Morgan fingerprint density at radius 1 is 1.03 bits per heavy atom. The summed E-state index contributed by atoms with van der Waals surface area (Å²) in [6.45, 7) is 7.07. The standard InChI is InChI=1S/C26H28F2N6O/c1-2-35-32-25(20-4-5-21(27)22(28)13-20)23-6-3-19(14-31-23)16-33-11-7-26(17-33)8-12-34(18-26)24-15-29-9-10-30-24/h3-6,9-10,13-15H,2,7-8,11-12,16-18H2,1H3/b32-25+. The lowest BCUT2D eigenvalue weighted by molar-refractivity contribution is 0.159. The molecule has 1 unspecified atom stereocenters. The maximum atomic E-state index is 13.8. The number of hydrogen-bond donors (Lipinski definition) is 0. The van der Waals surface area contributed by atoms with Gasteiger partial charge < -0.3 is 9.74 Å². The molecular weight excluding hydrogens is 450 g/mol. The molecule has 2 fully saturated rings. The SMILES string of the molecule is CCO/N=C(\c1ccc(F)c(F)c1)c1ccc(CN2CCC3(CCN(c4cnccn4)C3)C2)cn1. The summed E-state index contributed by atoms with van der Waals surface area (Å²) in [5.41, 5.74) is 2.70. The van der Waals surface area contributed by atoms with Crippen LogP contribution in [0.1, 0.15) is 36.6 Å². The minimum atomic E-state index is -0.934. The number of likely N-dealkylation sites (tertiary alicyclic amines) is 1. The quantitative estimate of drug-likeness (QED) is 0.377. The number of benzene rings is 1. The first kappa shape index (κ1) is 23.3. The van der Waals surface area contributed by atoms with Gasteiger partial charge in [0, 0.05) is 55.7 Å². The van der Waals surface area contributed by atoms with Crippen LogP contribution in [0.2, 0.25) is 0 Å². The Morgan fingerprint density at radius 3 is 2.66 bits per heavy atom. The summed E-state index contributed by atoms with van der Waals surface area (Å²) < 4.78 is 27.2. The average molecular weight is 479 g/mol. The maximum Gasteiger partial charge on any atom is 0.159 e. The van der Waals surface area contributed by atoms with Gasteiger partial charge in [-0.15, -0.1) is 0 Å². The van der Waals surface area contributed by atoms with Crippen molar-refractivity contribution in [1.29, 1.82) is 0 Å². The van der Waals surface area contributed by atoms with Crippen molar-refractivity contribution in [3.8, 4) is 0 Å². The van der Waals surface area contributed by atoms with E-state index in [4.69, 9.17) is 4.84 Å².